The molecule has 182 valence electrons. The second-order valence-corrected chi connectivity index (χ2v) is 9.34. The van der Waals surface area contributed by atoms with Crippen molar-refractivity contribution in [2.75, 3.05) is 13.2 Å². The molecule has 1 aliphatic rings. The fourth-order valence-corrected chi connectivity index (χ4v) is 4.24. The topological polar surface area (TPSA) is 138 Å². The third-order valence-electron chi connectivity index (χ3n) is 6.17. The molecule has 1 atom stereocenters. The predicted octanol–water partition coefficient (Wildman–Crippen LogP) is 2.97. The highest BCUT2D eigenvalue weighted by atomic mass is 16.5. The normalized spacial score (nSPS) is 14.9. The molecule has 3 N–H and O–H groups in total. The monoisotopic (exact) mass is 475 g/mol. The van der Waals surface area contributed by atoms with E-state index in [1.807, 2.05) is 32.9 Å². The van der Waals surface area contributed by atoms with Gasteiger partial charge >= 0.3 is 0 Å². The minimum absolute atomic E-state index is 0.0466. The van der Waals surface area contributed by atoms with Crippen molar-refractivity contribution in [1.29, 1.82) is 5.26 Å². The number of rotatable bonds is 6. The SMILES string of the molecule is Cc1c(-c2noc(-c3ccc(OC(C)C)c(C#N)c3)n2)ccc2c1CCN(C(=O)C(C)(N)CO)C2. The molecule has 0 bridgehead atoms. The smallest absolute Gasteiger partial charge is 0.258 e. The van der Waals surface area contributed by atoms with Crippen LogP contribution in [0.5, 0.6) is 5.75 Å². The van der Waals surface area contributed by atoms with Gasteiger partial charge in [0.15, 0.2) is 0 Å². The van der Waals surface area contributed by atoms with Crippen molar-refractivity contribution in [3.63, 3.8) is 0 Å². The summed E-state index contributed by atoms with van der Waals surface area (Å²) in [6.07, 6.45) is 0.616. The molecular weight excluding hydrogens is 446 g/mol. The van der Waals surface area contributed by atoms with Crippen molar-refractivity contribution in [2.24, 2.45) is 5.73 Å². The van der Waals surface area contributed by atoms with Gasteiger partial charge in [-0.2, -0.15) is 10.2 Å². The Balaban J connectivity index is 1.60. The lowest BCUT2D eigenvalue weighted by molar-refractivity contribution is -0.138. The molecule has 1 aromatic heterocycles. The molecule has 2 heterocycles. The Morgan fingerprint density at radius 3 is 2.83 bits per heavy atom. The van der Waals surface area contributed by atoms with Gasteiger partial charge in [0.2, 0.25) is 11.7 Å². The number of nitriles is 1. The van der Waals surface area contributed by atoms with Crippen LogP contribution >= 0.6 is 0 Å². The lowest BCUT2D eigenvalue weighted by Crippen LogP contribution is -2.56. The van der Waals surface area contributed by atoms with E-state index in [4.69, 9.17) is 15.0 Å². The first-order chi connectivity index (χ1) is 16.6. The summed E-state index contributed by atoms with van der Waals surface area (Å²) in [4.78, 5) is 18.9. The number of aromatic nitrogens is 2. The molecule has 1 amide bonds. The molecule has 1 unspecified atom stereocenters. The first kappa shape index (κ1) is 24.4. The van der Waals surface area contributed by atoms with Gasteiger partial charge in [0, 0.05) is 24.2 Å². The molecular formula is C26H29N5O4. The number of amides is 1. The summed E-state index contributed by atoms with van der Waals surface area (Å²) in [5, 5.41) is 23.1. The number of benzene rings is 2. The molecule has 35 heavy (non-hydrogen) atoms. The lowest BCUT2D eigenvalue weighted by Gasteiger charge is -2.35. The van der Waals surface area contributed by atoms with E-state index >= 15 is 0 Å². The average molecular weight is 476 g/mol. The second kappa shape index (κ2) is 9.49. The van der Waals surface area contributed by atoms with Crippen LogP contribution in [-0.4, -0.2) is 50.8 Å². The van der Waals surface area contributed by atoms with Gasteiger partial charge in [-0.1, -0.05) is 17.3 Å². The van der Waals surface area contributed by atoms with Crippen LogP contribution in [0.25, 0.3) is 22.8 Å². The molecule has 9 nitrogen and oxygen atoms in total. The summed E-state index contributed by atoms with van der Waals surface area (Å²) in [6, 6.07) is 11.2. The third-order valence-corrected chi connectivity index (χ3v) is 6.17. The Morgan fingerprint density at radius 1 is 1.37 bits per heavy atom. The first-order valence-corrected chi connectivity index (χ1v) is 11.5. The van der Waals surface area contributed by atoms with Crippen molar-refractivity contribution >= 4 is 5.91 Å². The number of hydrogen-bond donors (Lipinski definition) is 2. The number of hydrogen-bond acceptors (Lipinski definition) is 8. The molecule has 3 aromatic rings. The quantitative estimate of drug-likeness (QED) is 0.555. The number of carbonyl (C=O) groups is 1. The van der Waals surface area contributed by atoms with E-state index in [1.165, 1.54) is 6.92 Å². The number of nitrogens with zero attached hydrogens (tertiary/aromatic N) is 4. The fraction of sp³-hybridized carbons (Fsp3) is 0.385. The number of aliphatic hydroxyl groups is 1. The number of fused-ring (bicyclic) bond motifs is 1. The molecule has 4 rings (SSSR count). The van der Waals surface area contributed by atoms with Crippen LogP contribution < -0.4 is 10.5 Å². The Morgan fingerprint density at radius 2 is 2.14 bits per heavy atom. The van der Waals surface area contributed by atoms with Crippen LogP contribution in [0.2, 0.25) is 0 Å². The zero-order valence-electron chi connectivity index (χ0n) is 20.3. The zero-order chi connectivity index (χ0) is 25.3. The molecule has 0 spiro atoms. The zero-order valence-corrected chi connectivity index (χ0v) is 20.3. The summed E-state index contributed by atoms with van der Waals surface area (Å²) < 4.78 is 11.2. The molecule has 0 fully saturated rings. The predicted molar refractivity (Wildman–Crippen MR) is 129 cm³/mol. The van der Waals surface area contributed by atoms with Crippen LogP contribution in [0.4, 0.5) is 0 Å². The van der Waals surface area contributed by atoms with E-state index in [0.717, 1.165) is 22.3 Å². The maximum atomic E-state index is 12.7. The van der Waals surface area contributed by atoms with E-state index < -0.39 is 12.1 Å². The minimum atomic E-state index is -1.29. The fourth-order valence-electron chi connectivity index (χ4n) is 4.24. The van der Waals surface area contributed by atoms with Gasteiger partial charge in [-0.05, 0) is 69.0 Å². The van der Waals surface area contributed by atoms with Crippen molar-refractivity contribution < 1.29 is 19.2 Å². The van der Waals surface area contributed by atoms with Crippen molar-refractivity contribution in [1.82, 2.24) is 15.0 Å². The first-order valence-electron chi connectivity index (χ1n) is 11.5. The molecule has 0 saturated heterocycles. The molecule has 0 aliphatic carbocycles. The average Bonchev–Trinajstić information content (AvgIpc) is 3.33. The molecule has 9 heteroatoms. The summed E-state index contributed by atoms with van der Waals surface area (Å²) in [7, 11) is 0. The van der Waals surface area contributed by atoms with Crippen molar-refractivity contribution in [3.05, 3.63) is 52.6 Å². The van der Waals surface area contributed by atoms with Crippen molar-refractivity contribution in [3.8, 4) is 34.7 Å². The standard InChI is InChI=1S/C26H29N5O4/c1-15(2)34-22-8-6-17(11-19(22)12-27)24-29-23(30-35-24)21-7-5-18-13-31(10-9-20(18)16(21)3)25(33)26(4,28)14-32/h5-8,11,15,32H,9-10,13-14,28H2,1-4H3. The largest absolute Gasteiger partial charge is 0.490 e. The Bertz CT molecular complexity index is 1310. The van der Waals surface area contributed by atoms with Gasteiger partial charge in [-0.25, -0.2) is 0 Å². The molecule has 0 saturated carbocycles. The number of nitrogens with two attached hydrogens (primary N) is 1. The number of carbonyl (C=O) groups excluding carboxylic acids is 1. The summed E-state index contributed by atoms with van der Waals surface area (Å²) in [6.45, 7) is 7.89. The van der Waals surface area contributed by atoms with Crippen LogP contribution in [0.1, 0.15) is 43.0 Å². The van der Waals surface area contributed by atoms with E-state index in [0.29, 0.717) is 48.1 Å². The lowest BCUT2D eigenvalue weighted by atomic mass is 9.90. The van der Waals surface area contributed by atoms with Crippen molar-refractivity contribution in [2.45, 2.75) is 52.3 Å². The number of aliphatic hydroxyl groups excluding tert-OH is 1. The summed E-state index contributed by atoms with van der Waals surface area (Å²) in [5.41, 5.74) is 9.73. The van der Waals surface area contributed by atoms with Gasteiger partial charge in [-0.3, -0.25) is 4.79 Å². The van der Waals surface area contributed by atoms with E-state index in [-0.39, 0.29) is 12.0 Å². The maximum Gasteiger partial charge on any atom is 0.258 e. The molecule has 1 aliphatic heterocycles. The summed E-state index contributed by atoms with van der Waals surface area (Å²) in [5.74, 6) is 1.01. The van der Waals surface area contributed by atoms with Gasteiger partial charge in [0.05, 0.1) is 18.3 Å². The second-order valence-electron chi connectivity index (χ2n) is 9.34. The Hall–Kier alpha value is -3.74. The Kier molecular flexibility index (Phi) is 6.61. The summed E-state index contributed by atoms with van der Waals surface area (Å²) >= 11 is 0. The Labute approximate surface area is 204 Å². The van der Waals surface area contributed by atoms with Crippen LogP contribution in [0.15, 0.2) is 34.9 Å². The van der Waals surface area contributed by atoms with Crippen LogP contribution in [0.3, 0.4) is 0 Å². The highest BCUT2D eigenvalue weighted by Gasteiger charge is 2.34. The molecule has 0 radical (unpaired) electrons. The van der Waals surface area contributed by atoms with Crippen LogP contribution in [-0.2, 0) is 17.8 Å². The van der Waals surface area contributed by atoms with Gasteiger partial charge in [-0.15, -0.1) is 0 Å². The van der Waals surface area contributed by atoms with Gasteiger partial charge in [0.25, 0.3) is 5.89 Å². The highest BCUT2D eigenvalue weighted by molar-refractivity contribution is 5.86. The van der Waals surface area contributed by atoms with Gasteiger partial charge in [0.1, 0.15) is 17.4 Å². The maximum absolute atomic E-state index is 12.7. The number of ether oxygens (including phenoxy) is 1. The molecule has 2 aromatic carbocycles. The van der Waals surface area contributed by atoms with Gasteiger partial charge < -0.3 is 25.0 Å². The van der Waals surface area contributed by atoms with E-state index in [1.54, 1.807) is 23.1 Å². The third kappa shape index (κ3) is 4.76. The van der Waals surface area contributed by atoms with E-state index in [2.05, 4.69) is 16.2 Å². The van der Waals surface area contributed by atoms with Crippen LogP contribution in [0, 0.1) is 18.3 Å². The highest BCUT2D eigenvalue weighted by Crippen LogP contribution is 2.32. The minimum Gasteiger partial charge on any atom is -0.490 e. The van der Waals surface area contributed by atoms with E-state index in [9.17, 15) is 15.2 Å².